The molecule has 1 atom stereocenters. The van der Waals surface area contributed by atoms with Crippen LogP contribution in [0.15, 0.2) is 12.2 Å². The summed E-state index contributed by atoms with van der Waals surface area (Å²) < 4.78 is 0. The topological polar surface area (TPSA) is 57.6 Å². The van der Waals surface area contributed by atoms with E-state index in [9.17, 15) is 14.7 Å². The molecular formula is C10H15NO3. The van der Waals surface area contributed by atoms with Gasteiger partial charge >= 0.3 is 0 Å². The number of rotatable bonds is 5. The zero-order valence-corrected chi connectivity index (χ0v) is 8.27. The fraction of sp³-hybridized carbons (Fsp3) is 0.600. The number of carbonyl (C=O) groups excluding carboxylic acids is 2. The molecule has 1 N–H and O–H groups in total. The second-order valence-corrected chi connectivity index (χ2v) is 3.39. The molecule has 1 rings (SSSR count). The van der Waals surface area contributed by atoms with Crippen molar-refractivity contribution in [2.75, 3.05) is 6.54 Å². The van der Waals surface area contributed by atoms with Crippen LogP contribution in [0.3, 0.4) is 0 Å². The van der Waals surface area contributed by atoms with Crippen molar-refractivity contribution in [3.63, 3.8) is 0 Å². The van der Waals surface area contributed by atoms with E-state index in [0.717, 1.165) is 11.3 Å². The maximum Gasteiger partial charge on any atom is 0.253 e. The van der Waals surface area contributed by atoms with Crippen molar-refractivity contribution in [2.24, 2.45) is 0 Å². The predicted molar refractivity (Wildman–Crippen MR) is 51.4 cm³/mol. The van der Waals surface area contributed by atoms with Crippen LogP contribution in [0.1, 0.15) is 26.2 Å². The Morgan fingerprint density at radius 3 is 2.36 bits per heavy atom. The molecule has 14 heavy (non-hydrogen) atoms. The van der Waals surface area contributed by atoms with Gasteiger partial charge in [0, 0.05) is 18.7 Å². The Kier molecular flexibility index (Phi) is 3.83. The van der Waals surface area contributed by atoms with E-state index in [0.29, 0.717) is 19.4 Å². The molecule has 1 aliphatic heterocycles. The number of nitrogens with zero attached hydrogens (tertiary/aromatic N) is 1. The van der Waals surface area contributed by atoms with E-state index in [1.165, 1.54) is 12.2 Å². The van der Waals surface area contributed by atoms with Gasteiger partial charge < -0.3 is 5.11 Å². The Hall–Kier alpha value is -1.16. The van der Waals surface area contributed by atoms with Gasteiger partial charge in [-0.1, -0.05) is 13.3 Å². The molecule has 1 aliphatic rings. The Labute approximate surface area is 83.2 Å². The standard InChI is InChI=1S/C10H15NO3/c1-2-3-8(12)6-7-11-9(13)4-5-10(11)14/h4-5,8,12H,2-3,6-7H2,1H3. The molecule has 0 saturated carbocycles. The van der Waals surface area contributed by atoms with Crippen molar-refractivity contribution in [1.29, 1.82) is 0 Å². The minimum atomic E-state index is -0.416. The third-order valence-corrected chi connectivity index (χ3v) is 2.21. The number of carbonyl (C=O) groups is 2. The molecule has 2 amide bonds. The van der Waals surface area contributed by atoms with Crippen LogP contribution in [0.2, 0.25) is 0 Å². The number of aliphatic hydroxyl groups is 1. The fourth-order valence-electron chi connectivity index (χ4n) is 1.41. The molecule has 0 saturated heterocycles. The molecule has 0 spiro atoms. The lowest BCUT2D eigenvalue weighted by atomic mass is 10.1. The number of imide groups is 1. The average Bonchev–Trinajstić information content (AvgIpc) is 2.44. The van der Waals surface area contributed by atoms with E-state index in [1.807, 2.05) is 6.92 Å². The molecule has 4 heteroatoms. The summed E-state index contributed by atoms with van der Waals surface area (Å²) >= 11 is 0. The van der Waals surface area contributed by atoms with Crippen molar-refractivity contribution >= 4 is 11.8 Å². The van der Waals surface area contributed by atoms with Crippen molar-refractivity contribution in [1.82, 2.24) is 4.90 Å². The number of amides is 2. The summed E-state index contributed by atoms with van der Waals surface area (Å²) in [4.78, 5) is 23.3. The van der Waals surface area contributed by atoms with Gasteiger partial charge in [0.1, 0.15) is 0 Å². The quantitative estimate of drug-likeness (QED) is 0.651. The summed E-state index contributed by atoms with van der Waals surface area (Å²) in [5.41, 5.74) is 0. The zero-order chi connectivity index (χ0) is 10.6. The first-order valence-corrected chi connectivity index (χ1v) is 4.86. The Morgan fingerprint density at radius 2 is 1.86 bits per heavy atom. The van der Waals surface area contributed by atoms with Crippen LogP contribution in [-0.4, -0.2) is 34.5 Å². The second kappa shape index (κ2) is 4.91. The van der Waals surface area contributed by atoms with Gasteiger partial charge in [-0.25, -0.2) is 0 Å². The number of hydrogen-bond acceptors (Lipinski definition) is 3. The predicted octanol–water partition coefficient (Wildman–Crippen LogP) is 0.462. The molecule has 0 fully saturated rings. The van der Waals surface area contributed by atoms with Gasteiger partial charge in [-0.3, -0.25) is 14.5 Å². The number of hydrogen-bond donors (Lipinski definition) is 1. The van der Waals surface area contributed by atoms with E-state index >= 15 is 0 Å². The van der Waals surface area contributed by atoms with Gasteiger partial charge in [0.2, 0.25) is 0 Å². The van der Waals surface area contributed by atoms with Gasteiger partial charge in [0.25, 0.3) is 11.8 Å². The first-order valence-electron chi connectivity index (χ1n) is 4.86. The van der Waals surface area contributed by atoms with Crippen LogP contribution in [0.4, 0.5) is 0 Å². The van der Waals surface area contributed by atoms with Crippen LogP contribution in [0.5, 0.6) is 0 Å². The molecule has 0 aliphatic carbocycles. The monoisotopic (exact) mass is 197 g/mol. The highest BCUT2D eigenvalue weighted by atomic mass is 16.3. The molecule has 1 unspecified atom stereocenters. The second-order valence-electron chi connectivity index (χ2n) is 3.39. The summed E-state index contributed by atoms with van der Waals surface area (Å²) in [5, 5.41) is 9.41. The molecule has 0 aromatic rings. The lowest BCUT2D eigenvalue weighted by molar-refractivity contribution is -0.137. The summed E-state index contributed by atoms with van der Waals surface area (Å²) in [6.45, 7) is 2.29. The van der Waals surface area contributed by atoms with Gasteiger partial charge in [0.05, 0.1) is 6.10 Å². The van der Waals surface area contributed by atoms with Crippen molar-refractivity contribution in [3.8, 4) is 0 Å². The normalized spacial score (nSPS) is 18.0. The van der Waals surface area contributed by atoms with Crippen LogP contribution in [-0.2, 0) is 9.59 Å². The van der Waals surface area contributed by atoms with Gasteiger partial charge in [-0.2, -0.15) is 0 Å². The Bertz CT molecular complexity index is 242. The summed E-state index contributed by atoms with van der Waals surface area (Å²) in [6, 6.07) is 0. The molecule has 4 nitrogen and oxygen atoms in total. The minimum Gasteiger partial charge on any atom is -0.393 e. The molecule has 0 aromatic carbocycles. The third kappa shape index (κ3) is 2.67. The molecule has 0 radical (unpaired) electrons. The van der Waals surface area contributed by atoms with Crippen molar-refractivity contribution in [2.45, 2.75) is 32.3 Å². The highest BCUT2D eigenvalue weighted by Crippen LogP contribution is 2.07. The van der Waals surface area contributed by atoms with Crippen LogP contribution in [0, 0.1) is 0 Å². The van der Waals surface area contributed by atoms with Crippen LogP contribution in [0.25, 0.3) is 0 Å². The summed E-state index contributed by atoms with van der Waals surface area (Å²) in [6.07, 6.45) is 4.18. The number of aliphatic hydroxyl groups excluding tert-OH is 1. The van der Waals surface area contributed by atoms with Gasteiger partial charge in [0.15, 0.2) is 0 Å². The van der Waals surface area contributed by atoms with Gasteiger partial charge in [-0.15, -0.1) is 0 Å². The van der Waals surface area contributed by atoms with Crippen molar-refractivity contribution in [3.05, 3.63) is 12.2 Å². The van der Waals surface area contributed by atoms with E-state index in [4.69, 9.17) is 0 Å². The SMILES string of the molecule is CCCC(O)CCN1C(=O)C=CC1=O. The molecule has 0 bridgehead atoms. The zero-order valence-electron chi connectivity index (χ0n) is 8.27. The Balaban J connectivity index is 2.31. The summed E-state index contributed by atoms with van der Waals surface area (Å²) in [7, 11) is 0. The lowest BCUT2D eigenvalue weighted by Gasteiger charge is -2.15. The van der Waals surface area contributed by atoms with E-state index < -0.39 is 6.10 Å². The molecule has 0 aromatic heterocycles. The average molecular weight is 197 g/mol. The first kappa shape index (κ1) is 10.9. The van der Waals surface area contributed by atoms with Crippen LogP contribution < -0.4 is 0 Å². The smallest absolute Gasteiger partial charge is 0.253 e. The fourth-order valence-corrected chi connectivity index (χ4v) is 1.41. The summed E-state index contributed by atoms with van der Waals surface area (Å²) in [5.74, 6) is -0.558. The third-order valence-electron chi connectivity index (χ3n) is 2.21. The van der Waals surface area contributed by atoms with Gasteiger partial charge in [-0.05, 0) is 12.8 Å². The molecular weight excluding hydrogens is 182 g/mol. The minimum absolute atomic E-state index is 0.279. The van der Waals surface area contributed by atoms with E-state index in [-0.39, 0.29) is 11.8 Å². The Morgan fingerprint density at radius 1 is 1.29 bits per heavy atom. The van der Waals surface area contributed by atoms with E-state index in [1.54, 1.807) is 0 Å². The molecule has 1 heterocycles. The largest absolute Gasteiger partial charge is 0.393 e. The maximum absolute atomic E-state index is 11.1. The highest BCUT2D eigenvalue weighted by Gasteiger charge is 2.23. The van der Waals surface area contributed by atoms with E-state index in [2.05, 4.69) is 0 Å². The van der Waals surface area contributed by atoms with Crippen molar-refractivity contribution < 1.29 is 14.7 Å². The van der Waals surface area contributed by atoms with Crippen LogP contribution >= 0.6 is 0 Å². The lowest BCUT2D eigenvalue weighted by Crippen LogP contribution is -2.32. The maximum atomic E-state index is 11.1. The highest BCUT2D eigenvalue weighted by molar-refractivity contribution is 6.12. The first-order chi connectivity index (χ1) is 6.65. The molecule has 78 valence electrons.